The molecule has 1 aliphatic heterocycles. The number of carbonyl (C=O) groups is 4. The van der Waals surface area contributed by atoms with Crippen LogP contribution in [-0.2, 0) is 23.9 Å². The molecule has 29 heavy (non-hydrogen) atoms. The number of carboxylic acids is 2. The summed E-state index contributed by atoms with van der Waals surface area (Å²) < 4.78 is 2.88. The second-order valence-corrected chi connectivity index (χ2v) is 9.05. The average molecular weight is 494 g/mol. The summed E-state index contributed by atoms with van der Waals surface area (Å²) in [5, 5.41) is 19.1. The molecule has 164 valence electrons. The largest absolute Gasteiger partial charge is 0.479 e. The van der Waals surface area contributed by atoms with Gasteiger partial charge in [0.2, 0.25) is 15.2 Å². The number of ether oxygens (including phenoxy) is 1. The zero-order valence-corrected chi connectivity index (χ0v) is 18.1. The highest BCUT2D eigenvalue weighted by Crippen LogP contribution is 2.43. The van der Waals surface area contributed by atoms with Crippen LogP contribution in [0.3, 0.4) is 0 Å². The molecule has 15 heteroatoms. The van der Waals surface area contributed by atoms with Crippen LogP contribution in [0.5, 0.6) is 0 Å². The van der Waals surface area contributed by atoms with Gasteiger partial charge in [-0.2, -0.15) is 0 Å². The van der Waals surface area contributed by atoms with E-state index in [1.807, 2.05) is 10.3 Å². The molecule has 0 unspecified atom stereocenters. The normalized spacial score (nSPS) is 22.1. The van der Waals surface area contributed by atoms with E-state index in [0.717, 1.165) is 4.90 Å². The first-order valence-electron chi connectivity index (χ1n) is 7.74. The minimum Gasteiger partial charge on any atom is -0.479 e. The van der Waals surface area contributed by atoms with Gasteiger partial charge in [0.1, 0.15) is 19.2 Å². The van der Waals surface area contributed by atoms with E-state index < -0.39 is 64.3 Å². The van der Waals surface area contributed by atoms with Crippen LogP contribution in [0, 0.1) is 0 Å². The Morgan fingerprint density at radius 1 is 1.34 bits per heavy atom. The molecule has 0 aromatic heterocycles. The number of esters is 1. The Hall–Kier alpha value is -1.28. The topological polar surface area (TPSA) is 171 Å². The molecule has 1 amide bonds. The van der Waals surface area contributed by atoms with Crippen LogP contribution in [0.15, 0.2) is 12.2 Å². The number of nitrogens with two attached hydrogens (primary N) is 1. The number of thiol groups is 1. The molecule has 6 N–H and O–H groups in total. The molecule has 1 rings (SSSR count). The number of β-lactam (4-membered cyclic amide) rings is 1. The second-order valence-electron chi connectivity index (χ2n) is 6.31. The van der Waals surface area contributed by atoms with Gasteiger partial charge in [0.25, 0.3) is 0 Å². The number of carbonyl (C=O) groups excluding carboxylic acids is 2. The third kappa shape index (κ3) is 5.08. The highest BCUT2D eigenvalue weighted by atomic mass is 35.6. The number of likely N-dealkylation sites (tertiary alicyclic amines) is 1. The summed E-state index contributed by atoms with van der Waals surface area (Å²) in [5.41, 5.74) is 3.71. The summed E-state index contributed by atoms with van der Waals surface area (Å²) in [7, 11) is 0. The Balaban J connectivity index is 3.29. The van der Waals surface area contributed by atoms with Crippen molar-refractivity contribution in [3.05, 3.63) is 12.2 Å². The molecule has 1 fully saturated rings. The summed E-state index contributed by atoms with van der Waals surface area (Å²) in [4.78, 5) is 50.9. The van der Waals surface area contributed by atoms with Gasteiger partial charge >= 0.3 is 17.9 Å². The van der Waals surface area contributed by atoms with E-state index in [2.05, 4.69) is 19.4 Å². The van der Waals surface area contributed by atoms with E-state index in [0.29, 0.717) is 0 Å². The standard InChI is InChI=1S/C14H19Cl3N4O7S/c1-6(2)13(4-12(10(24)25,11(26)27)19-20-29)8(18)9(23)21(13)3-7(22)28-5-14(15,16)17/h8,19-20,29H,1,3-5,18H2,2H3,(H,24,25)(H,26,27)/t8-,13+/m0/s1. The van der Waals surface area contributed by atoms with Gasteiger partial charge in [0.05, 0.1) is 5.54 Å². The van der Waals surface area contributed by atoms with Crippen molar-refractivity contribution in [2.24, 2.45) is 5.73 Å². The van der Waals surface area contributed by atoms with Crippen molar-refractivity contribution < 1.29 is 34.1 Å². The quantitative estimate of drug-likeness (QED) is 0.0448. The van der Waals surface area contributed by atoms with E-state index in [9.17, 15) is 29.4 Å². The van der Waals surface area contributed by atoms with Crippen LogP contribution >= 0.6 is 47.6 Å². The molecule has 0 aliphatic carbocycles. The average Bonchev–Trinajstić information content (AvgIpc) is 2.59. The Kier molecular flexibility index (Phi) is 8.21. The number of nitrogens with zero attached hydrogens (tertiary/aromatic N) is 1. The number of rotatable bonds is 10. The molecule has 11 nitrogen and oxygen atoms in total. The fourth-order valence-electron chi connectivity index (χ4n) is 2.97. The van der Waals surface area contributed by atoms with Crippen molar-refractivity contribution in [3.8, 4) is 0 Å². The van der Waals surface area contributed by atoms with E-state index in [-0.39, 0.29) is 5.57 Å². The molecule has 0 saturated carbocycles. The van der Waals surface area contributed by atoms with Gasteiger partial charge in [-0.25, -0.2) is 19.8 Å². The van der Waals surface area contributed by atoms with Crippen LogP contribution in [0.25, 0.3) is 0 Å². The minimum absolute atomic E-state index is 0.145. The van der Waals surface area contributed by atoms with Crippen LogP contribution in [0.4, 0.5) is 0 Å². The molecular weight excluding hydrogens is 475 g/mol. The second kappa shape index (κ2) is 9.25. The molecule has 1 saturated heterocycles. The lowest BCUT2D eigenvalue weighted by atomic mass is 9.67. The number of hydrogen-bond acceptors (Lipinski definition) is 9. The zero-order chi connectivity index (χ0) is 22.8. The smallest absolute Gasteiger partial charge is 0.337 e. The molecule has 1 heterocycles. The van der Waals surface area contributed by atoms with E-state index >= 15 is 0 Å². The first-order chi connectivity index (χ1) is 13.2. The van der Waals surface area contributed by atoms with Crippen molar-refractivity contribution in [3.63, 3.8) is 0 Å². The molecule has 0 spiro atoms. The summed E-state index contributed by atoms with van der Waals surface area (Å²) in [6, 6.07) is -1.36. The summed E-state index contributed by atoms with van der Waals surface area (Å²) in [5.74, 6) is -5.32. The molecule has 0 aromatic carbocycles. The number of halogens is 3. The summed E-state index contributed by atoms with van der Waals surface area (Å²) in [6.45, 7) is 3.80. The molecule has 0 aromatic rings. The lowest BCUT2D eigenvalue weighted by Gasteiger charge is -2.58. The SMILES string of the molecule is C=C(C)[C@]1(CC(NNS)(C(=O)O)C(=O)O)[C@@H](N)C(=O)N1CC(=O)OCC(Cl)(Cl)Cl. The maximum absolute atomic E-state index is 12.3. The van der Waals surface area contributed by atoms with Crippen LogP contribution in [-0.4, -0.2) is 73.0 Å². The van der Waals surface area contributed by atoms with Crippen molar-refractivity contribution in [1.29, 1.82) is 0 Å². The number of hydrazine groups is 1. The van der Waals surface area contributed by atoms with Crippen LogP contribution in [0.2, 0.25) is 0 Å². The van der Waals surface area contributed by atoms with Gasteiger partial charge in [-0.05, 0) is 6.92 Å². The molecule has 0 radical (unpaired) electrons. The van der Waals surface area contributed by atoms with Crippen LogP contribution in [0.1, 0.15) is 13.3 Å². The van der Waals surface area contributed by atoms with Crippen LogP contribution < -0.4 is 16.0 Å². The van der Waals surface area contributed by atoms with Gasteiger partial charge < -0.3 is 25.6 Å². The van der Waals surface area contributed by atoms with E-state index in [1.54, 1.807) is 0 Å². The number of alkyl halides is 3. The third-order valence-electron chi connectivity index (χ3n) is 4.49. The first-order valence-corrected chi connectivity index (χ1v) is 9.32. The number of hydrogen-bond donors (Lipinski definition) is 6. The fourth-order valence-corrected chi connectivity index (χ4v) is 3.33. The highest BCUT2D eigenvalue weighted by Gasteiger charge is 2.65. The Labute approximate surface area is 186 Å². The monoisotopic (exact) mass is 492 g/mol. The van der Waals surface area contributed by atoms with Gasteiger partial charge in [0.15, 0.2) is 0 Å². The lowest BCUT2D eigenvalue weighted by Crippen LogP contribution is -2.82. The van der Waals surface area contributed by atoms with Gasteiger partial charge in [0, 0.05) is 6.42 Å². The number of nitrogens with one attached hydrogen (secondary N) is 2. The highest BCUT2D eigenvalue weighted by molar-refractivity contribution is 7.78. The Morgan fingerprint density at radius 2 is 1.86 bits per heavy atom. The maximum Gasteiger partial charge on any atom is 0.337 e. The molecule has 2 atom stereocenters. The van der Waals surface area contributed by atoms with Gasteiger partial charge in [-0.3, -0.25) is 9.59 Å². The predicted octanol–water partition coefficient (Wildman–Crippen LogP) is -0.379. The number of amides is 1. The lowest BCUT2D eigenvalue weighted by molar-refractivity contribution is -0.174. The van der Waals surface area contributed by atoms with Crippen molar-refractivity contribution in [2.75, 3.05) is 13.2 Å². The van der Waals surface area contributed by atoms with Crippen molar-refractivity contribution >= 4 is 71.4 Å². The number of carboxylic acid groups (broad SMARTS) is 2. The summed E-state index contributed by atoms with van der Waals surface area (Å²) in [6.07, 6.45) is -0.780. The molecular formula is C14H19Cl3N4O7S. The van der Waals surface area contributed by atoms with Crippen molar-refractivity contribution in [2.45, 2.75) is 34.3 Å². The van der Waals surface area contributed by atoms with E-state index in [1.165, 1.54) is 6.92 Å². The Bertz CT molecular complexity index is 718. The molecule has 0 bridgehead atoms. The number of aliphatic carboxylic acids is 2. The Morgan fingerprint density at radius 3 is 2.24 bits per heavy atom. The van der Waals surface area contributed by atoms with E-state index in [4.69, 9.17) is 45.3 Å². The zero-order valence-electron chi connectivity index (χ0n) is 14.9. The van der Waals surface area contributed by atoms with Gasteiger partial charge in [-0.1, -0.05) is 59.8 Å². The first kappa shape index (κ1) is 25.8. The van der Waals surface area contributed by atoms with Gasteiger partial charge in [-0.15, -0.1) is 0 Å². The molecule has 1 aliphatic rings. The fraction of sp³-hybridized carbons (Fsp3) is 0.571. The summed E-state index contributed by atoms with van der Waals surface area (Å²) >= 11 is 20.1. The van der Waals surface area contributed by atoms with Crippen molar-refractivity contribution in [1.82, 2.24) is 15.2 Å². The minimum atomic E-state index is -2.67. The maximum atomic E-state index is 12.3. The third-order valence-corrected chi connectivity index (χ3v) is 4.92. The predicted molar refractivity (Wildman–Crippen MR) is 106 cm³/mol.